The van der Waals surface area contributed by atoms with E-state index in [0.29, 0.717) is 19.7 Å². The van der Waals surface area contributed by atoms with Crippen LogP contribution >= 0.6 is 0 Å². The van der Waals surface area contributed by atoms with Crippen LogP contribution in [0, 0.1) is 6.92 Å². The van der Waals surface area contributed by atoms with Crippen LogP contribution in [-0.4, -0.2) is 30.5 Å². The van der Waals surface area contributed by atoms with E-state index in [4.69, 9.17) is 4.74 Å². The third kappa shape index (κ3) is 3.45. The first-order valence-corrected chi connectivity index (χ1v) is 8.24. The minimum atomic E-state index is -0.0392. The van der Waals surface area contributed by atoms with Crippen molar-refractivity contribution in [2.45, 2.75) is 26.4 Å². The molecular formula is C20H23NO2. The van der Waals surface area contributed by atoms with Crippen LogP contribution in [0.3, 0.4) is 0 Å². The summed E-state index contributed by atoms with van der Waals surface area (Å²) < 4.78 is 5.89. The van der Waals surface area contributed by atoms with E-state index in [1.54, 1.807) is 0 Å². The molecule has 1 aliphatic rings. The van der Waals surface area contributed by atoms with E-state index < -0.39 is 0 Å². The number of carbonyl (C=O) groups is 1. The molecule has 0 radical (unpaired) electrons. The highest BCUT2D eigenvalue weighted by Crippen LogP contribution is 2.24. The van der Waals surface area contributed by atoms with Gasteiger partial charge in [-0.25, -0.2) is 0 Å². The number of aryl methyl sites for hydroxylation is 2. The lowest BCUT2D eigenvalue weighted by Gasteiger charge is -2.33. The van der Waals surface area contributed by atoms with Gasteiger partial charge in [-0.05, 0) is 36.1 Å². The smallest absolute Gasteiger partial charge is 0.254 e. The molecule has 1 amide bonds. The highest BCUT2D eigenvalue weighted by Gasteiger charge is 2.26. The van der Waals surface area contributed by atoms with Gasteiger partial charge < -0.3 is 9.64 Å². The second-order valence-electron chi connectivity index (χ2n) is 6.02. The van der Waals surface area contributed by atoms with Gasteiger partial charge in [-0.1, -0.05) is 49.4 Å². The topological polar surface area (TPSA) is 29.5 Å². The number of carbonyl (C=O) groups excluding carboxylic acids is 1. The summed E-state index contributed by atoms with van der Waals surface area (Å²) in [5.74, 6) is 0.0987. The van der Waals surface area contributed by atoms with Crippen molar-refractivity contribution in [1.82, 2.24) is 4.90 Å². The normalized spacial score (nSPS) is 18.0. The SMILES string of the molecule is CCc1ccc(C2CN(C(=O)c3ccccc3C)CCO2)cc1. The number of amides is 1. The highest BCUT2D eigenvalue weighted by atomic mass is 16.5. The van der Waals surface area contributed by atoms with Crippen LogP contribution in [0.5, 0.6) is 0 Å². The van der Waals surface area contributed by atoms with Crippen LogP contribution < -0.4 is 0 Å². The van der Waals surface area contributed by atoms with Crippen molar-refractivity contribution in [2.75, 3.05) is 19.7 Å². The molecule has 1 unspecified atom stereocenters. The molecule has 1 saturated heterocycles. The van der Waals surface area contributed by atoms with Crippen molar-refractivity contribution in [1.29, 1.82) is 0 Å². The van der Waals surface area contributed by atoms with E-state index in [0.717, 1.165) is 23.1 Å². The third-order valence-electron chi connectivity index (χ3n) is 4.49. The molecule has 0 bridgehead atoms. The Hall–Kier alpha value is -2.13. The van der Waals surface area contributed by atoms with Crippen LogP contribution in [-0.2, 0) is 11.2 Å². The van der Waals surface area contributed by atoms with Crippen molar-refractivity contribution in [2.24, 2.45) is 0 Å². The van der Waals surface area contributed by atoms with Crippen LogP contribution in [0.25, 0.3) is 0 Å². The quantitative estimate of drug-likeness (QED) is 0.864. The number of morpholine rings is 1. The summed E-state index contributed by atoms with van der Waals surface area (Å²) in [7, 11) is 0. The van der Waals surface area contributed by atoms with E-state index in [1.165, 1.54) is 5.56 Å². The molecule has 1 aliphatic heterocycles. The summed E-state index contributed by atoms with van der Waals surface area (Å²) in [5.41, 5.74) is 4.27. The summed E-state index contributed by atoms with van der Waals surface area (Å²) in [4.78, 5) is 14.7. The van der Waals surface area contributed by atoms with Gasteiger partial charge >= 0.3 is 0 Å². The average molecular weight is 309 g/mol. The molecule has 0 aliphatic carbocycles. The fourth-order valence-corrected chi connectivity index (χ4v) is 2.99. The predicted octanol–water partition coefficient (Wildman–Crippen LogP) is 3.77. The summed E-state index contributed by atoms with van der Waals surface area (Å²) >= 11 is 0. The predicted molar refractivity (Wildman–Crippen MR) is 91.6 cm³/mol. The van der Waals surface area contributed by atoms with Crippen molar-refractivity contribution in [3.63, 3.8) is 0 Å². The zero-order chi connectivity index (χ0) is 16.2. The monoisotopic (exact) mass is 309 g/mol. The first-order chi connectivity index (χ1) is 11.2. The Balaban J connectivity index is 1.75. The fourth-order valence-electron chi connectivity index (χ4n) is 2.99. The largest absolute Gasteiger partial charge is 0.370 e. The van der Waals surface area contributed by atoms with Crippen molar-refractivity contribution in [3.05, 3.63) is 70.8 Å². The Labute approximate surface area is 137 Å². The molecule has 1 atom stereocenters. The lowest BCUT2D eigenvalue weighted by Crippen LogP contribution is -2.42. The molecule has 23 heavy (non-hydrogen) atoms. The number of hydrogen-bond acceptors (Lipinski definition) is 2. The van der Waals surface area contributed by atoms with E-state index in [9.17, 15) is 4.79 Å². The summed E-state index contributed by atoms with van der Waals surface area (Å²) in [5, 5.41) is 0. The zero-order valence-electron chi connectivity index (χ0n) is 13.8. The molecule has 2 aromatic rings. The van der Waals surface area contributed by atoms with Gasteiger partial charge in [-0.2, -0.15) is 0 Å². The van der Waals surface area contributed by atoms with Gasteiger partial charge in [0.2, 0.25) is 0 Å². The minimum absolute atomic E-state index is 0.0392. The standard InChI is InChI=1S/C20H23NO2/c1-3-16-8-10-17(11-9-16)19-14-21(12-13-23-19)20(22)18-7-5-4-6-15(18)2/h4-11,19H,3,12-14H2,1-2H3. The molecule has 0 N–H and O–H groups in total. The second-order valence-corrected chi connectivity index (χ2v) is 6.02. The first-order valence-electron chi connectivity index (χ1n) is 8.24. The van der Waals surface area contributed by atoms with Gasteiger partial charge in [0.25, 0.3) is 5.91 Å². The number of benzene rings is 2. The number of nitrogens with zero attached hydrogens (tertiary/aromatic N) is 1. The molecule has 120 valence electrons. The lowest BCUT2D eigenvalue weighted by molar-refractivity contribution is -0.0228. The molecule has 2 aromatic carbocycles. The number of ether oxygens (including phenoxy) is 1. The Bertz CT molecular complexity index is 678. The number of rotatable bonds is 3. The lowest BCUT2D eigenvalue weighted by atomic mass is 10.0. The molecule has 0 saturated carbocycles. The van der Waals surface area contributed by atoms with Crippen LogP contribution in [0.15, 0.2) is 48.5 Å². The maximum absolute atomic E-state index is 12.8. The first kappa shape index (κ1) is 15.8. The van der Waals surface area contributed by atoms with E-state index in [1.807, 2.05) is 36.1 Å². The van der Waals surface area contributed by atoms with Crippen LogP contribution in [0.1, 0.15) is 40.1 Å². The average Bonchev–Trinajstić information content (AvgIpc) is 2.62. The van der Waals surface area contributed by atoms with Gasteiger partial charge in [0.15, 0.2) is 0 Å². The molecule has 0 aromatic heterocycles. The molecule has 1 fully saturated rings. The fraction of sp³-hybridized carbons (Fsp3) is 0.350. The third-order valence-corrected chi connectivity index (χ3v) is 4.49. The maximum atomic E-state index is 12.8. The van der Waals surface area contributed by atoms with Gasteiger partial charge in [-0.15, -0.1) is 0 Å². The molecule has 3 heteroatoms. The molecule has 3 rings (SSSR count). The molecule has 0 spiro atoms. The van der Waals surface area contributed by atoms with Gasteiger partial charge in [0, 0.05) is 12.1 Å². The van der Waals surface area contributed by atoms with Crippen molar-refractivity contribution < 1.29 is 9.53 Å². The Morgan fingerprint density at radius 3 is 2.61 bits per heavy atom. The van der Waals surface area contributed by atoms with E-state index in [-0.39, 0.29) is 12.0 Å². The van der Waals surface area contributed by atoms with E-state index >= 15 is 0 Å². The van der Waals surface area contributed by atoms with Crippen LogP contribution in [0.2, 0.25) is 0 Å². The Morgan fingerprint density at radius 2 is 1.91 bits per heavy atom. The Kier molecular flexibility index (Phi) is 4.77. The van der Waals surface area contributed by atoms with Crippen molar-refractivity contribution >= 4 is 5.91 Å². The number of hydrogen-bond donors (Lipinski definition) is 0. The Morgan fingerprint density at radius 1 is 1.17 bits per heavy atom. The summed E-state index contributed by atoms with van der Waals surface area (Å²) in [6, 6.07) is 16.3. The molecule has 3 nitrogen and oxygen atoms in total. The van der Waals surface area contributed by atoms with Crippen LogP contribution in [0.4, 0.5) is 0 Å². The zero-order valence-corrected chi connectivity index (χ0v) is 13.8. The highest BCUT2D eigenvalue weighted by molar-refractivity contribution is 5.95. The van der Waals surface area contributed by atoms with Gasteiger partial charge in [0.1, 0.15) is 6.10 Å². The van der Waals surface area contributed by atoms with Crippen molar-refractivity contribution in [3.8, 4) is 0 Å². The molecular weight excluding hydrogens is 286 g/mol. The summed E-state index contributed by atoms with van der Waals surface area (Å²) in [6.45, 7) is 5.97. The summed E-state index contributed by atoms with van der Waals surface area (Å²) in [6.07, 6.45) is 0.992. The second kappa shape index (κ2) is 6.97. The van der Waals surface area contributed by atoms with Gasteiger partial charge in [0.05, 0.1) is 13.2 Å². The maximum Gasteiger partial charge on any atom is 0.254 e. The van der Waals surface area contributed by atoms with E-state index in [2.05, 4.69) is 31.2 Å². The minimum Gasteiger partial charge on any atom is -0.370 e. The van der Waals surface area contributed by atoms with Gasteiger partial charge in [-0.3, -0.25) is 4.79 Å². The molecule has 1 heterocycles.